The number of furan rings is 1. The predicted molar refractivity (Wildman–Crippen MR) is 117 cm³/mol. The van der Waals surface area contributed by atoms with Gasteiger partial charge in [-0.05, 0) is 30.3 Å². The zero-order chi connectivity index (χ0) is 21.1. The maximum absolute atomic E-state index is 12.7. The number of carbonyl (C=O) groups excluding carboxylic acids is 1. The van der Waals surface area contributed by atoms with E-state index in [0.29, 0.717) is 36.1 Å². The Labute approximate surface area is 180 Å². The third-order valence-electron chi connectivity index (χ3n) is 5.16. The quantitative estimate of drug-likeness (QED) is 0.372. The number of aromatic nitrogens is 1. The van der Waals surface area contributed by atoms with Crippen LogP contribution in [-0.2, 0) is 24.2 Å². The summed E-state index contributed by atoms with van der Waals surface area (Å²) in [5, 5.41) is 1.73. The molecule has 2 aromatic heterocycles. The van der Waals surface area contributed by atoms with Crippen molar-refractivity contribution in [2.75, 3.05) is 7.05 Å². The van der Waals surface area contributed by atoms with Gasteiger partial charge in [0.25, 0.3) is 0 Å². The van der Waals surface area contributed by atoms with Crippen LogP contribution in [0.25, 0.3) is 22.3 Å². The summed E-state index contributed by atoms with van der Waals surface area (Å²) in [6.07, 6.45) is 3.24. The summed E-state index contributed by atoms with van der Waals surface area (Å²) in [5.74, 6) is 2.18. The number of nitrogens with zero attached hydrogens (tertiary/aromatic N) is 2. The largest absolute Gasteiger partial charge is 0.461 e. The van der Waals surface area contributed by atoms with Gasteiger partial charge < -0.3 is 13.7 Å². The second kappa shape index (κ2) is 8.76. The Kier molecular flexibility index (Phi) is 5.91. The number of aryl methyl sites for hydroxylation is 2. The van der Waals surface area contributed by atoms with E-state index in [-0.39, 0.29) is 5.91 Å². The lowest BCUT2D eigenvalue weighted by molar-refractivity contribution is -0.130. The molecule has 0 aliphatic heterocycles. The number of oxazole rings is 1. The number of carbonyl (C=O) groups is 1. The van der Waals surface area contributed by atoms with Gasteiger partial charge in [0.1, 0.15) is 11.3 Å². The van der Waals surface area contributed by atoms with E-state index in [4.69, 9.17) is 20.4 Å². The van der Waals surface area contributed by atoms with Crippen LogP contribution in [0.1, 0.15) is 30.6 Å². The molecular formula is C24H23ClN2O3. The average molecular weight is 423 g/mol. The van der Waals surface area contributed by atoms with Gasteiger partial charge in [0.05, 0.1) is 6.20 Å². The fourth-order valence-corrected chi connectivity index (χ4v) is 3.64. The fraction of sp³-hybridized carbons (Fsp3) is 0.250. The van der Waals surface area contributed by atoms with Gasteiger partial charge in [0.2, 0.25) is 5.91 Å². The maximum atomic E-state index is 12.7. The molecule has 30 heavy (non-hydrogen) atoms. The molecule has 0 saturated carbocycles. The lowest BCUT2D eigenvalue weighted by Gasteiger charge is -2.17. The van der Waals surface area contributed by atoms with Crippen LogP contribution in [0.5, 0.6) is 0 Å². The minimum absolute atomic E-state index is 0.0357. The summed E-state index contributed by atoms with van der Waals surface area (Å²) in [6, 6.07) is 15.3. The van der Waals surface area contributed by atoms with Gasteiger partial charge in [-0.15, -0.1) is 0 Å². The topological polar surface area (TPSA) is 59.5 Å². The first-order valence-corrected chi connectivity index (χ1v) is 10.4. The van der Waals surface area contributed by atoms with E-state index in [1.54, 1.807) is 11.1 Å². The van der Waals surface area contributed by atoms with E-state index < -0.39 is 0 Å². The highest BCUT2D eigenvalue weighted by Crippen LogP contribution is 2.27. The Hall–Kier alpha value is -3.05. The number of hydrogen-bond acceptors (Lipinski definition) is 4. The lowest BCUT2D eigenvalue weighted by Crippen LogP contribution is -2.26. The molecule has 4 aromatic rings. The molecule has 4 rings (SSSR count). The van der Waals surface area contributed by atoms with E-state index in [9.17, 15) is 4.79 Å². The Balaban J connectivity index is 1.40. The number of hydrogen-bond donors (Lipinski definition) is 0. The van der Waals surface area contributed by atoms with Gasteiger partial charge in [-0.2, -0.15) is 0 Å². The molecule has 0 saturated heterocycles. The van der Waals surface area contributed by atoms with Gasteiger partial charge in [0, 0.05) is 54.4 Å². The van der Waals surface area contributed by atoms with Crippen molar-refractivity contribution in [3.63, 3.8) is 0 Å². The average Bonchev–Trinajstić information content (AvgIpc) is 3.37. The first kappa shape index (κ1) is 20.2. The summed E-state index contributed by atoms with van der Waals surface area (Å²) in [5.41, 5.74) is 2.84. The van der Waals surface area contributed by atoms with Crippen LogP contribution in [0.3, 0.4) is 0 Å². The minimum Gasteiger partial charge on any atom is -0.461 e. The molecule has 0 spiro atoms. The Morgan fingerprint density at radius 1 is 1.10 bits per heavy atom. The highest BCUT2D eigenvalue weighted by molar-refractivity contribution is 6.30. The van der Waals surface area contributed by atoms with Gasteiger partial charge in [-0.1, -0.05) is 36.7 Å². The summed E-state index contributed by atoms with van der Waals surface area (Å²) in [7, 11) is 1.82. The normalized spacial score (nSPS) is 11.2. The Morgan fingerprint density at radius 3 is 2.63 bits per heavy atom. The van der Waals surface area contributed by atoms with E-state index in [0.717, 1.165) is 34.3 Å². The molecule has 0 bridgehead atoms. The first-order chi connectivity index (χ1) is 14.5. The van der Waals surface area contributed by atoms with Crippen LogP contribution >= 0.6 is 11.6 Å². The third kappa shape index (κ3) is 4.26. The molecular weight excluding hydrogens is 400 g/mol. The molecule has 154 valence electrons. The second-order valence-corrected chi connectivity index (χ2v) is 7.66. The second-order valence-electron chi connectivity index (χ2n) is 7.23. The SMILES string of the molecule is CCc1oc2ccccc2c1CN(C)C(=O)CCc1ncc(-c2ccc(Cl)cc2)o1. The molecule has 0 N–H and O–H groups in total. The van der Waals surface area contributed by atoms with Gasteiger partial charge in [-0.3, -0.25) is 4.79 Å². The number of para-hydroxylation sites is 1. The van der Waals surface area contributed by atoms with Crippen molar-refractivity contribution in [2.45, 2.75) is 32.7 Å². The van der Waals surface area contributed by atoms with Crippen molar-refractivity contribution in [2.24, 2.45) is 0 Å². The monoisotopic (exact) mass is 422 g/mol. The molecule has 1 amide bonds. The van der Waals surface area contributed by atoms with E-state index in [1.165, 1.54) is 0 Å². The van der Waals surface area contributed by atoms with Gasteiger partial charge >= 0.3 is 0 Å². The van der Waals surface area contributed by atoms with Gasteiger partial charge in [0.15, 0.2) is 11.7 Å². The minimum atomic E-state index is 0.0357. The van der Waals surface area contributed by atoms with E-state index in [1.807, 2.05) is 55.6 Å². The van der Waals surface area contributed by atoms with Crippen LogP contribution in [0.4, 0.5) is 0 Å². The van der Waals surface area contributed by atoms with Crippen LogP contribution < -0.4 is 0 Å². The highest BCUT2D eigenvalue weighted by Gasteiger charge is 2.18. The van der Waals surface area contributed by atoms with Crippen molar-refractivity contribution in [3.05, 3.63) is 77.0 Å². The van der Waals surface area contributed by atoms with Crippen molar-refractivity contribution in [1.82, 2.24) is 9.88 Å². The smallest absolute Gasteiger partial charge is 0.223 e. The fourth-order valence-electron chi connectivity index (χ4n) is 3.51. The number of halogens is 1. The number of amides is 1. The zero-order valence-corrected chi connectivity index (χ0v) is 17.8. The zero-order valence-electron chi connectivity index (χ0n) is 17.0. The highest BCUT2D eigenvalue weighted by atomic mass is 35.5. The molecule has 0 fully saturated rings. The van der Waals surface area contributed by atoms with Crippen molar-refractivity contribution in [1.29, 1.82) is 0 Å². The lowest BCUT2D eigenvalue weighted by atomic mass is 10.1. The van der Waals surface area contributed by atoms with Crippen molar-refractivity contribution >= 4 is 28.5 Å². The van der Waals surface area contributed by atoms with Crippen molar-refractivity contribution in [3.8, 4) is 11.3 Å². The van der Waals surface area contributed by atoms with Crippen LogP contribution in [0, 0.1) is 0 Å². The standard InChI is InChI=1S/C24H23ClN2O3/c1-3-20-19(18-6-4-5-7-21(18)29-20)15-27(2)24(28)13-12-23-26-14-22(30-23)16-8-10-17(25)11-9-16/h4-11,14H,3,12-13,15H2,1-2H3. The van der Waals surface area contributed by atoms with E-state index >= 15 is 0 Å². The number of rotatable bonds is 7. The van der Waals surface area contributed by atoms with Crippen molar-refractivity contribution < 1.29 is 13.6 Å². The number of benzene rings is 2. The molecule has 0 aliphatic carbocycles. The number of fused-ring (bicyclic) bond motifs is 1. The van der Waals surface area contributed by atoms with Crippen LogP contribution in [0.15, 0.2) is 63.6 Å². The molecule has 6 heteroatoms. The maximum Gasteiger partial charge on any atom is 0.223 e. The summed E-state index contributed by atoms with van der Waals surface area (Å²) in [6.45, 7) is 2.57. The Morgan fingerprint density at radius 2 is 1.87 bits per heavy atom. The molecule has 5 nitrogen and oxygen atoms in total. The molecule has 2 heterocycles. The summed E-state index contributed by atoms with van der Waals surface area (Å²) < 4.78 is 11.7. The first-order valence-electron chi connectivity index (χ1n) is 9.99. The molecule has 2 aromatic carbocycles. The molecule has 0 atom stereocenters. The predicted octanol–water partition coefficient (Wildman–Crippen LogP) is 5.89. The van der Waals surface area contributed by atoms with Crippen LogP contribution in [0.2, 0.25) is 5.02 Å². The summed E-state index contributed by atoms with van der Waals surface area (Å²) in [4.78, 5) is 18.7. The molecule has 0 unspecified atom stereocenters. The van der Waals surface area contributed by atoms with Gasteiger partial charge in [-0.25, -0.2) is 4.98 Å². The van der Waals surface area contributed by atoms with E-state index in [2.05, 4.69) is 11.9 Å². The molecule has 0 aliphatic rings. The summed E-state index contributed by atoms with van der Waals surface area (Å²) >= 11 is 5.93. The third-order valence-corrected chi connectivity index (χ3v) is 5.41. The molecule has 0 radical (unpaired) electrons. The Bertz CT molecular complexity index is 1160. The van der Waals surface area contributed by atoms with Crippen LogP contribution in [-0.4, -0.2) is 22.8 Å².